The third-order valence-electron chi connectivity index (χ3n) is 1.00. The van der Waals surface area contributed by atoms with Gasteiger partial charge in [-0.15, -0.1) is 0 Å². The summed E-state index contributed by atoms with van der Waals surface area (Å²) in [7, 11) is 0. The molecule has 1 aromatic rings. The minimum absolute atomic E-state index is 0.397. The standard InChI is InChI=1S/C5H4I2N2O/c6-4-5(7)9(1-2-10)3-8-4/h2-3H,1H2. The Bertz CT molecular complexity index is 246. The van der Waals surface area contributed by atoms with Gasteiger partial charge >= 0.3 is 0 Å². The summed E-state index contributed by atoms with van der Waals surface area (Å²) < 4.78 is 3.76. The maximum absolute atomic E-state index is 10.1. The molecule has 1 heterocycles. The summed E-state index contributed by atoms with van der Waals surface area (Å²) in [6.07, 6.45) is 2.53. The molecule has 0 aliphatic rings. The fourth-order valence-corrected chi connectivity index (χ4v) is 1.45. The van der Waals surface area contributed by atoms with Crippen LogP contribution in [0.1, 0.15) is 0 Å². The number of rotatable bonds is 2. The molecule has 0 unspecified atom stereocenters. The summed E-state index contributed by atoms with van der Waals surface area (Å²) in [6, 6.07) is 0. The second-order valence-electron chi connectivity index (χ2n) is 1.65. The molecule has 3 nitrogen and oxygen atoms in total. The van der Waals surface area contributed by atoms with Crippen LogP contribution in [0.4, 0.5) is 0 Å². The van der Waals surface area contributed by atoms with E-state index < -0.39 is 0 Å². The van der Waals surface area contributed by atoms with Crippen molar-refractivity contribution in [2.24, 2.45) is 0 Å². The molecule has 0 N–H and O–H groups in total. The van der Waals surface area contributed by atoms with Crippen LogP contribution in [0.15, 0.2) is 6.33 Å². The Kier molecular flexibility index (Phi) is 3.08. The first-order chi connectivity index (χ1) is 4.75. The predicted octanol–water partition coefficient (Wildman–Crippen LogP) is 1.29. The van der Waals surface area contributed by atoms with Gasteiger partial charge in [-0.25, -0.2) is 4.98 Å². The number of carbonyl (C=O) groups is 1. The van der Waals surface area contributed by atoms with Crippen LogP contribution in [-0.2, 0) is 11.3 Å². The smallest absolute Gasteiger partial charge is 0.139 e. The lowest BCUT2D eigenvalue weighted by Crippen LogP contribution is -1.99. The van der Waals surface area contributed by atoms with Crippen molar-refractivity contribution in [3.05, 3.63) is 13.7 Å². The van der Waals surface area contributed by atoms with Gasteiger partial charge in [0.1, 0.15) is 13.7 Å². The summed E-state index contributed by atoms with van der Waals surface area (Å²) in [5, 5.41) is 0. The van der Waals surface area contributed by atoms with Gasteiger partial charge in [0.05, 0.1) is 12.9 Å². The molecule has 0 atom stereocenters. The second kappa shape index (κ2) is 3.65. The van der Waals surface area contributed by atoms with Gasteiger partial charge in [0, 0.05) is 0 Å². The fraction of sp³-hybridized carbons (Fsp3) is 0.200. The Morgan fingerprint density at radius 2 is 2.40 bits per heavy atom. The van der Waals surface area contributed by atoms with E-state index in [1.165, 1.54) is 0 Å². The number of imidazole rings is 1. The van der Waals surface area contributed by atoms with Crippen LogP contribution < -0.4 is 0 Å². The van der Waals surface area contributed by atoms with Crippen molar-refractivity contribution in [3.63, 3.8) is 0 Å². The molecular formula is C5H4I2N2O. The number of halogens is 2. The van der Waals surface area contributed by atoms with Gasteiger partial charge in [0.25, 0.3) is 0 Å². The summed E-state index contributed by atoms with van der Waals surface area (Å²) in [6.45, 7) is 0.397. The molecule has 0 radical (unpaired) electrons. The van der Waals surface area contributed by atoms with E-state index in [0.29, 0.717) is 6.54 Å². The molecule has 0 fully saturated rings. The minimum Gasteiger partial charge on any atom is -0.318 e. The molecular weight excluding hydrogens is 358 g/mol. The number of nitrogens with zero attached hydrogens (tertiary/aromatic N) is 2. The molecule has 0 bridgehead atoms. The summed E-state index contributed by atoms with van der Waals surface area (Å²) in [4.78, 5) is 14.1. The molecule has 0 aliphatic heterocycles. The lowest BCUT2D eigenvalue weighted by Gasteiger charge is -1.94. The number of aromatic nitrogens is 2. The van der Waals surface area contributed by atoms with Crippen LogP contribution in [0.25, 0.3) is 0 Å². The average Bonchev–Trinajstić information content (AvgIpc) is 2.20. The van der Waals surface area contributed by atoms with E-state index in [1.807, 2.05) is 0 Å². The third-order valence-corrected chi connectivity index (χ3v) is 3.96. The lowest BCUT2D eigenvalue weighted by atomic mass is 10.7. The molecule has 0 spiro atoms. The van der Waals surface area contributed by atoms with Gasteiger partial charge in [-0.2, -0.15) is 0 Å². The van der Waals surface area contributed by atoms with Crippen LogP contribution in [0.2, 0.25) is 0 Å². The van der Waals surface area contributed by atoms with Crippen LogP contribution in [0.3, 0.4) is 0 Å². The Morgan fingerprint density at radius 1 is 1.70 bits per heavy atom. The number of hydrogen-bond acceptors (Lipinski definition) is 2. The van der Waals surface area contributed by atoms with Crippen LogP contribution in [-0.4, -0.2) is 15.8 Å². The first-order valence-electron chi connectivity index (χ1n) is 2.55. The minimum atomic E-state index is 0.397. The zero-order valence-electron chi connectivity index (χ0n) is 4.92. The Hall–Kier alpha value is 0.340. The van der Waals surface area contributed by atoms with Crippen molar-refractivity contribution in [1.29, 1.82) is 0 Å². The third kappa shape index (κ3) is 1.68. The molecule has 0 aromatic carbocycles. The second-order valence-corrected chi connectivity index (χ2v) is 3.69. The van der Waals surface area contributed by atoms with E-state index in [1.54, 1.807) is 10.9 Å². The molecule has 0 aliphatic carbocycles. The van der Waals surface area contributed by atoms with Gasteiger partial charge in [0.15, 0.2) is 0 Å². The summed E-state index contributed by atoms with van der Waals surface area (Å²) in [5.41, 5.74) is 0. The van der Waals surface area contributed by atoms with E-state index in [-0.39, 0.29) is 0 Å². The highest BCUT2D eigenvalue weighted by Crippen LogP contribution is 2.11. The van der Waals surface area contributed by atoms with E-state index in [4.69, 9.17) is 0 Å². The lowest BCUT2D eigenvalue weighted by molar-refractivity contribution is -0.108. The van der Waals surface area contributed by atoms with E-state index in [0.717, 1.165) is 13.7 Å². The molecule has 1 rings (SSSR count). The zero-order chi connectivity index (χ0) is 7.56. The molecule has 10 heavy (non-hydrogen) atoms. The van der Waals surface area contributed by atoms with Crippen molar-refractivity contribution in [2.75, 3.05) is 0 Å². The average molecular weight is 362 g/mol. The maximum Gasteiger partial charge on any atom is 0.139 e. The van der Waals surface area contributed by atoms with Crippen molar-refractivity contribution in [2.45, 2.75) is 6.54 Å². The van der Waals surface area contributed by atoms with E-state index in [9.17, 15) is 4.79 Å². The Morgan fingerprint density at radius 3 is 2.80 bits per heavy atom. The molecule has 54 valence electrons. The van der Waals surface area contributed by atoms with Gasteiger partial charge in [-0.3, -0.25) is 0 Å². The molecule has 0 saturated carbocycles. The van der Waals surface area contributed by atoms with Crippen LogP contribution >= 0.6 is 45.2 Å². The molecule has 1 aromatic heterocycles. The normalized spacial score (nSPS) is 9.80. The molecule has 0 amide bonds. The fourth-order valence-electron chi connectivity index (χ4n) is 0.550. The van der Waals surface area contributed by atoms with Crippen molar-refractivity contribution >= 4 is 51.5 Å². The van der Waals surface area contributed by atoms with Crippen molar-refractivity contribution in [1.82, 2.24) is 9.55 Å². The quantitative estimate of drug-likeness (QED) is 0.587. The number of hydrogen-bond donors (Lipinski definition) is 0. The first-order valence-corrected chi connectivity index (χ1v) is 4.71. The highest BCUT2D eigenvalue weighted by Gasteiger charge is 2.02. The van der Waals surface area contributed by atoms with Crippen molar-refractivity contribution in [3.8, 4) is 0 Å². The first kappa shape index (κ1) is 8.44. The molecule has 5 heteroatoms. The van der Waals surface area contributed by atoms with E-state index in [2.05, 4.69) is 50.2 Å². The monoisotopic (exact) mass is 362 g/mol. The Labute approximate surface area is 85.5 Å². The van der Waals surface area contributed by atoms with Crippen LogP contribution in [0.5, 0.6) is 0 Å². The summed E-state index contributed by atoms with van der Waals surface area (Å²) in [5.74, 6) is 0. The highest BCUT2D eigenvalue weighted by atomic mass is 127. The van der Waals surface area contributed by atoms with Gasteiger partial charge in [-0.05, 0) is 45.2 Å². The Balaban J connectivity index is 2.93. The highest BCUT2D eigenvalue weighted by molar-refractivity contribution is 14.1. The SMILES string of the molecule is O=CCn1cnc(I)c1I. The van der Waals surface area contributed by atoms with Gasteiger partial charge < -0.3 is 9.36 Å². The number of aldehydes is 1. The van der Waals surface area contributed by atoms with Gasteiger partial charge in [-0.1, -0.05) is 0 Å². The van der Waals surface area contributed by atoms with E-state index >= 15 is 0 Å². The largest absolute Gasteiger partial charge is 0.318 e. The number of carbonyl (C=O) groups excluding carboxylic acids is 1. The van der Waals surface area contributed by atoms with Crippen LogP contribution in [0, 0.1) is 7.40 Å². The molecule has 0 saturated heterocycles. The maximum atomic E-state index is 10.1. The summed E-state index contributed by atoms with van der Waals surface area (Å²) >= 11 is 4.29. The van der Waals surface area contributed by atoms with Crippen molar-refractivity contribution < 1.29 is 4.79 Å². The topological polar surface area (TPSA) is 34.9 Å². The predicted molar refractivity (Wildman–Crippen MR) is 53.7 cm³/mol. The zero-order valence-corrected chi connectivity index (χ0v) is 9.24. The van der Waals surface area contributed by atoms with Gasteiger partial charge in [0.2, 0.25) is 0 Å².